The quantitative estimate of drug-likeness (QED) is 0.769. The van der Waals surface area contributed by atoms with Gasteiger partial charge in [-0.1, -0.05) is 0 Å². The highest BCUT2D eigenvalue weighted by molar-refractivity contribution is 5.80. The van der Waals surface area contributed by atoms with E-state index in [1.54, 1.807) is 0 Å². The van der Waals surface area contributed by atoms with Crippen molar-refractivity contribution in [2.45, 2.75) is 32.6 Å². The number of carbonyl (C=O) groups excluding carboxylic acids is 2. The first-order chi connectivity index (χ1) is 9.22. The summed E-state index contributed by atoms with van der Waals surface area (Å²) in [5.74, 6) is 0.0202. The standard InChI is InChI=1S/C14H24N2O3/c1-2-19-14(18)12-6-4-8-16(10-12)13(17)11-5-3-7-15-9-11/h11-12,15H,2-10H2,1H3/t11-,12?/m0/s1. The number of nitrogens with one attached hydrogen (secondary N) is 1. The molecule has 2 fully saturated rings. The number of rotatable bonds is 3. The summed E-state index contributed by atoms with van der Waals surface area (Å²) in [5, 5.41) is 3.27. The summed E-state index contributed by atoms with van der Waals surface area (Å²) in [4.78, 5) is 26.0. The predicted molar refractivity (Wildman–Crippen MR) is 71.5 cm³/mol. The first-order valence-corrected chi connectivity index (χ1v) is 7.38. The number of likely N-dealkylation sites (tertiary alicyclic amines) is 1. The topological polar surface area (TPSA) is 58.6 Å². The van der Waals surface area contributed by atoms with Crippen LogP contribution in [0.4, 0.5) is 0 Å². The highest BCUT2D eigenvalue weighted by atomic mass is 16.5. The zero-order chi connectivity index (χ0) is 13.7. The van der Waals surface area contributed by atoms with Crippen LogP contribution in [0, 0.1) is 11.8 Å². The van der Waals surface area contributed by atoms with Gasteiger partial charge in [0.25, 0.3) is 0 Å². The highest BCUT2D eigenvalue weighted by Gasteiger charge is 2.32. The molecule has 5 nitrogen and oxygen atoms in total. The van der Waals surface area contributed by atoms with E-state index in [9.17, 15) is 9.59 Å². The molecule has 2 rings (SSSR count). The monoisotopic (exact) mass is 268 g/mol. The Kier molecular flexibility index (Phi) is 5.19. The maximum absolute atomic E-state index is 12.4. The number of hydrogen-bond donors (Lipinski definition) is 1. The van der Waals surface area contributed by atoms with Crippen LogP contribution in [-0.4, -0.2) is 49.6 Å². The van der Waals surface area contributed by atoms with Crippen molar-refractivity contribution >= 4 is 11.9 Å². The van der Waals surface area contributed by atoms with Gasteiger partial charge < -0.3 is 15.0 Å². The second kappa shape index (κ2) is 6.89. The molecule has 2 aliphatic heterocycles. The molecule has 2 heterocycles. The number of ether oxygens (including phenoxy) is 1. The van der Waals surface area contributed by atoms with E-state index in [1.165, 1.54) is 0 Å². The summed E-state index contributed by atoms with van der Waals surface area (Å²) in [6.07, 6.45) is 3.76. The zero-order valence-electron chi connectivity index (χ0n) is 11.7. The normalized spacial score (nSPS) is 27.9. The van der Waals surface area contributed by atoms with Crippen LogP contribution in [0.3, 0.4) is 0 Å². The van der Waals surface area contributed by atoms with Gasteiger partial charge in [-0.15, -0.1) is 0 Å². The summed E-state index contributed by atoms with van der Waals surface area (Å²) in [6.45, 7) is 5.33. The summed E-state index contributed by atoms with van der Waals surface area (Å²) >= 11 is 0. The molecule has 0 aromatic heterocycles. The van der Waals surface area contributed by atoms with Gasteiger partial charge in [-0.3, -0.25) is 9.59 Å². The number of carbonyl (C=O) groups is 2. The number of amides is 1. The van der Waals surface area contributed by atoms with Crippen LogP contribution < -0.4 is 5.32 Å². The van der Waals surface area contributed by atoms with Gasteiger partial charge in [0.15, 0.2) is 0 Å². The average Bonchev–Trinajstić information content (AvgIpc) is 2.48. The maximum Gasteiger partial charge on any atom is 0.310 e. The number of nitrogens with zero attached hydrogens (tertiary/aromatic N) is 1. The third-order valence-electron chi connectivity index (χ3n) is 4.00. The van der Waals surface area contributed by atoms with Crippen LogP contribution in [0.2, 0.25) is 0 Å². The van der Waals surface area contributed by atoms with Crippen molar-refractivity contribution < 1.29 is 14.3 Å². The molecule has 0 aromatic rings. The zero-order valence-corrected chi connectivity index (χ0v) is 11.7. The fraction of sp³-hybridized carbons (Fsp3) is 0.857. The maximum atomic E-state index is 12.4. The molecular formula is C14H24N2O3. The van der Waals surface area contributed by atoms with Crippen molar-refractivity contribution in [3.8, 4) is 0 Å². The Bertz CT molecular complexity index is 327. The third kappa shape index (κ3) is 3.69. The summed E-state index contributed by atoms with van der Waals surface area (Å²) in [6, 6.07) is 0. The van der Waals surface area contributed by atoms with Crippen molar-refractivity contribution in [3.63, 3.8) is 0 Å². The van der Waals surface area contributed by atoms with Crippen LogP contribution in [0.5, 0.6) is 0 Å². The molecule has 0 radical (unpaired) electrons. The van der Waals surface area contributed by atoms with Gasteiger partial charge in [-0.2, -0.15) is 0 Å². The number of piperidine rings is 2. The minimum Gasteiger partial charge on any atom is -0.466 e. The fourth-order valence-corrected chi connectivity index (χ4v) is 2.95. The minimum absolute atomic E-state index is 0.0923. The van der Waals surface area contributed by atoms with E-state index in [-0.39, 0.29) is 23.7 Å². The van der Waals surface area contributed by atoms with E-state index in [4.69, 9.17) is 4.74 Å². The van der Waals surface area contributed by atoms with Crippen molar-refractivity contribution in [2.75, 3.05) is 32.8 Å². The molecule has 2 atom stereocenters. The Morgan fingerprint density at radius 2 is 2.05 bits per heavy atom. The molecule has 0 spiro atoms. The highest BCUT2D eigenvalue weighted by Crippen LogP contribution is 2.21. The van der Waals surface area contributed by atoms with E-state index in [2.05, 4.69) is 5.32 Å². The first-order valence-electron chi connectivity index (χ1n) is 7.38. The third-order valence-corrected chi connectivity index (χ3v) is 4.00. The molecular weight excluding hydrogens is 244 g/mol. The summed E-state index contributed by atoms with van der Waals surface area (Å²) < 4.78 is 5.07. The molecule has 2 saturated heterocycles. The molecule has 1 unspecified atom stereocenters. The van der Waals surface area contributed by atoms with Gasteiger partial charge in [0.1, 0.15) is 0 Å². The average molecular weight is 268 g/mol. The van der Waals surface area contributed by atoms with Crippen molar-refractivity contribution in [1.82, 2.24) is 10.2 Å². The van der Waals surface area contributed by atoms with Gasteiger partial charge in [0.05, 0.1) is 18.4 Å². The molecule has 0 aliphatic carbocycles. The molecule has 108 valence electrons. The summed E-state index contributed by atoms with van der Waals surface area (Å²) in [5.41, 5.74) is 0. The Balaban J connectivity index is 1.89. The van der Waals surface area contributed by atoms with Crippen molar-refractivity contribution in [2.24, 2.45) is 11.8 Å². The lowest BCUT2D eigenvalue weighted by Gasteiger charge is -2.35. The van der Waals surface area contributed by atoms with E-state index >= 15 is 0 Å². The molecule has 0 aromatic carbocycles. The van der Waals surface area contributed by atoms with E-state index in [0.29, 0.717) is 13.2 Å². The van der Waals surface area contributed by atoms with Crippen LogP contribution in [0.25, 0.3) is 0 Å². The van der Waals surface area contributed by atoms with Crippen molar-refractivity contribution in [1.29, 1.82) is 0 Å². The number of hydrogen-bond acceptors (Lipinski definition) is 4. The minimum atomic E-state index is -0.151. The molecule has 19 heavy (non-hydrogen) atoms. The predicted octanol–water partition coefficient (Wildman–Crippen LogP) is 0.788. The molecule has 5 heteroatoms. The molecule has 1 amide bonds. The van der Waals surface area contributed by atoms with Gasteiger partial charge >= 0.3 is 5.97 Å². The first kappa shape index (κ1) is 14.3. The van der Waals surface area contributed by atoms with E-state index in [0.717, 1.165) is 45.3 Å². The molecule has 2 aliphatic rings. The molecule has 0 bridgehead atoms. The number of esters is 1. The lowest BCUT2D eigenvalue weighted by atomic mass is 9.94. The Morgan fingerprint density at radius 3 is 2.74 bits per heavy atom. The lowest BCUT2D eigenvalue weighted by molar-refractivity contribution is -0.152. The van der Waals surface area contributed by atoms with Gasteiger partial charge in [-0.25, -0.2) is 0 Å². The largest absolute Gasteiger partial charge is 0.466 e. The van der Waals surface area contributed by atoms with Gasteiger partial charge in [-0.05, 0) is 39.2 Å². The fourth-order valence-electron chi connectivity index (χ4n) is 2.95. The van der Waals surface area contributed by atoms with Crippen LogP contribution in [-0.2, 0) is 14.3 Å². The van der Waals surface area contributed by atoms with Crippen molar-refractivity contribution in [3.05, 3.63) is 0 Å². The summed E-state index contributed by atoms with van der Waals surface area (Å²) in [7, 11) is 0. The second-order valence-corrected chi connectivity index (χ2v) is 5.42. The van der Waals surface area contributed by atoms with E-state index in [1.807, 2.05) is 11.8 Å². The molecule has 0 saturated carbocycles. The van der Waals surface area contributed by atoms with E-state index < -0.39 is 0 Å². The van der Waals surface area contributed by atoms with Crippen LogP contribution >= 0.6 is 0 Å². The van der Waals surface area contributed by atoms with Gasteiger partial charge in [0, 0.05) is 19.6 Å². The second-order valence-electron chi connectivity index (χ2n) is 5.42. The Morgan fingerprint density at radius 1 is 1.26 bits per heavy atom. The Hall–Kier alpha value is -1.10. The van der Waals surface area contributed by atoms with Crippen LogP contribution in [0.15, 0.2) is 0 Å². The van der Waals surface area contributed by atoms with Crippen LogP contribution in [0.1, 0.15) is 32.6 Å². The SMILES string of the molecule is CCOC(=O)C1CCCN(C(=O)[C@H]2CCCNC2)C1. The Labute approximate surface area is 114 Å². The van der Waals surface area contributed by atoms with Gasteiger partial charge in [0.2, 0.25) is 5.91 Å². The smallest absolute Gasteiger partial charge is 0.310 e. The molecule has 1 N–H and O–H groups in total. The lowest BCUT2D eigenvalue weighted by Crippen LogP contribution is -2.48.